The van der Waals surface area contributed by atoms with Gasteiger partial charge >= 0.3 is 6.09 Å². The molecule has 3 aromatic heterocycles. The molecule has 0 aromatic carbocycles. The third kappa shape index (κ3) is 6.55. The van der Waals surface area contributed by atoms with Crippen LogP contribution in [0.15, 0.2) is 30.7 Å². The van der Waals surface area contributed by atoms with Crippen LogP contribution < -0.4 is 10.6 Å². The highest BCUT2D eigenvalue weighted by molar-refractivity contribution is 5.84. The van der Waals surface area contributed by atoms with Crippen molar-refractivity contribution in [2.24, 2.45) is 5.92 Å². The number of methoxy groups -OCH3 is 1. The van der Waals surface area contributed by atoms with Gasteiger partial charge in [0.25, 0.3) is 5.91 Å². The number of fused-ring (bicyclic) bond motifs is 1. The van der Waals surface area contributed by atoms with Gasteiger partial charge in [-0.25, -0.2) is 19.7 Å². The summed E-state index contributed by atoms with van der Waals surface area (Å²) in [5.41, 5.74) is 1.82. The number of aromatic nitrogens is 5. The van der Waals surface area contributed by atoms with Crippen LogP contribution in [0.4, 0.5) is 10.6 Å². The number of nitrogens with zero attached hydrogens (tertiary/aromatic N) is 6. The summed E-state index contributed by atoms with van der Waals surface area (Å²) in [5, 5.41) is 16.5. The van der Waals surface area contributed by atoms with Crippen molar-refractivity contribution >= 4 is 29.0 Å². The molecule has 5 heterocycles. The van der Waals surface area contributed by atoms with Gasteiger partial charge in [-0.1, -0.05) is 12.0 Å². The average molecular weight is 563 g/mol. The minimum atomic E-state index is -0.981. The number of carbonyl (C=O) groups excluding carboxylic acids is 2. The summed E-state index contributed by atoms with van der Waals surface area (Å²) in [6, 6.07) is 5.67. The Morgan fingerprint density at radius 2 is 2.05 bits per heavy atom. The second-order valence-electron chi connectivity index (χ2n) is 10.0. The van der Waals surface area contributed by atoms with Crippen LogP contribution in [-0.2, 0) is 20.8 Å². The monoisotopic (exact) mass is 562 g/mol. The molecule has 0 aliphatic carbocycles. The molecule has 3 N–H and O–H groups in total. The summed E-state index contributed by atoms with van der Waals surface area (Å²) in [6.07, 6.45) is 2.98. The predicted molar refractivity (Wildman–Crippen MR) is 148 cm³/mol. The molecule has 2 fully saturated rings. The van der Waals surface area contributed by atoms with Crippen molar-refractivity contribution in [3.8, 4) is 11.8 Å². The molecule has 216 valence electrons. The number of aliphatic hydroxyl groups is 1. The summed E-state index contributed by atoms with van der Waals surface area (Å²) in [4.78, 5) is 44.1. The predicted octanol–water partition coefficient (Wildman–Crippen LogP) is 1.84. The number of aliphatic hydroxyl groups excluding tert-OH is 1. The van der Waals surface area contributed by atoms with Gasteiger partial charge in [-0.3, -0.25) is 14.3 Å². The first-order chi connectivity index (χ1) is 20.0. The first kappa shape index (κ1) is 28.3. The van der Waals surface area contributed by atoms with Crippen molar-refractivity contribution in [3.05, 3.63) is 42.2 Å². The molecule has 13 nitrogen and oxygen atoms in total. The van der Waals surface area contributed by atoms with Crippen LogP contribution in [-0.4, -0.2) is 85.5 Å². The Labute approximate surface area is 237 Å². The average Bonchev–Trinajstić information content (AvgIpc) is 3.60. The molecule has 0 unspecified atom stereocenters. The van der Waals surface area contributed by atoms with E-state index < -0.39 is 18.4 Å². The van der Waals surface area contributed by atoms with Gasteiger partial charge in [-0.05, 0) is 43.7 Å². The molecule has 3 atom stereocenters. The lowest BCUT2D eigenvalue weighted by Gasteiger charge is -2.29. The number of piperidine rings is 1. The number of hydrogen-bond acceptors (Lipinski definition) is 10. The van der Waals surface area contributed by atoms with Crippen LogP contribution in [0.1, 0.15) is 50.4 Å². The van der Waals surface area contributed by atoms with Gasteiger partial charge in [0.2, 0.25) is 5.82 Å². The normalized spacial score (nSPS) is 20.9. The Kier molecular flexibility index (Phi) is 8.91. The molecular weight excluding hydrogens is 528 g/mol. The van der Waals surface area contributed by atoms with E-state index in [0.29, 0.717) is 61.3 Å². The molecule has 0 bridgehead atoms. The standard InChI is InChI=1S/C28H34N8O5/c1-3-29-27(38)24-20(37)15-22(41-24)36-17-32-23-25(31-16-19-8-4-5-12-30-19)33-21(34-26(23)36)9-6-7-18-10-13-35(14-11-18)28(39)40-2/h4-5,8,12,17-18,20,22,24,37H,3,7,10-11,13-16H2,1-2H3,(H,29,38)(H,31,33,34)/t20-,22-,24+/m1/s1. The number of rotatable bonds is 7. The summed E-state index contributed by atoms with van der Waals surface area (Å²) in [6.45, 7) is 3.96. The summed E-state index contributed by atoms with van der Waals surface area (Å²) < 4.78 is 12.5. The van der Waals surface area contributed by atoms with Crippen LogP contribution >= 0.6 is 0 Å². The maximum absolute atomic E-state index is 12.4. The minimum Gasteiger partial charge on any atom is -0.453 e. The van der Waals surface area contributed by atoms with E-state index in [4.69, 9.17) is 9.47 Å². The van der Waals surface area contributed by atoms with Crippen molar-refractivity contribution < 1.29 is 24.2 Å². The third-order valence-electron chi connectivity index (χ3n) is 7.24. The molecule has 0 saturated carbocycles. The Morgan fingerprint density at radius 1 is 1.22 bits per heavy atom. The quantitative estimate of drug-likeness (QED) is 0.363. The highest BCUT2D eigenvalue weighted by Gasteiger charge is 2.40. The van der Waals surface area contributed by atoms with E-state index in [0.717, 1.165) is 18.5 Å². The zero-order chi connectivity index (χ0) is 28.8. The van der Waals surface area contributed by atoms with Crippen LogP contribution in [0.2, 0.25) is 0 Å². The van der Waals surface area contributed by atoms with Gasteiger partial charge in [0, 0.05) is 38.7 Å². The molecular formula is C28H34N8O5. The summed E-state index contributed by atoms with van der Waals surface area (Å²) >= 11 is 0. The fourth-order valence-electron chi connectivity index (χ4n) is 5.04. The zero-order valence-electron chi connectivity index (χ0n) is 23.1. The number of carbonyl (C=O) groups is 2. The molecule has 0 spiro atoms. The number of likely N-dealkylation sites (tertiary alicyclic amines) is 1. The number of imidazole rings is 1. The topological polar surface area (TPSA) is 157 Å². The third-order valence-corrected chi connectivity index (χ3v) is 7.24. The van der Waals surface area contributed by atoms with Gasteiger partial charge in [-0.2, -0.15) is 0 Å². The fraction of sp³-hybridized carbons (Fsp3) is 0.500. The second kappa shape index (κ2) is 12.9. The van der Waals surface area contributed by atoms with E-state index in [2.05, 4.69) is 42.4 Å². The molecule has 2 saturated heterocycles. The van der Waals surface area contributed by atoms with Gasteiger partial charge in [0.05, 0.1) is 31.8 Å². The smallest absolute Gasteiger partial charge is 0.409 e. The number of pyridine rings is 1. The van der Waals surface area contributed by atoms with Crippen molar-refractivity contribution in [2.45, 2.75) is 57.6 Å². The number of ether oxygens (including phenoxy) is 2. The zero-order valence-corrected chi connectivity index (χ0v) is 23.1. The molecule has 0 radical (unpaired) electrons. The molecule has 3 aromatic rings. The number of nitrogens with one attached hydrogen (secondary N) is 2. The van der Waals surface area contributed by atoms with E-state index in [-0.39, 0.29) is 18.4 Å². The van der Waals surface area contributed by atoms with E-state index in [9.17, 15) is 14.7 Å². The number of amides is 2. The van der Waals surface area contributed by atoms with Crippen molar-refractivity contribution in [2.75, 3.05) is 32.1 Å². The highest BCUT2D eigenvalue weighted by atomic mass is 16.5. The molecule has 13 heteroatoms. The largest absolute Gasteiger partial charge is 0.453 e. The Hall–Kier alpha value is -4.28. The van der Waals surface area contributed by atoms with Crippen molar-refractivity contribution in [3.63, 3.8) is 0 Å². The Bertz CT molecular complexity index is 1430. The van der Waals surface area contributed by atoms with Crippen LogP contribution in [0.5, 0.6) is 0 Å². The lowest BCUT2D eigenvalue weighted by Crippen LogP contribution is -2.40. The number of likely N-dealkylation sites (N-methyl/N-ethyl adjacent to an activating group) is 1. The maximum Gasteiger partial charge on any atom is 0.409 e. The van der Waals surface area contributed by atoms with Gasteiger partial charge < -0.3 is 30.1 Å². The van der Waals surface area contributed by atoms with Crippen molar-refractivity contribution in [1.82, 2.24) is 34.7 Å². The Morgan fingerprint density at radius 3 is 2.78 bits per heavy atom. The molecule has 41 heavy (non-hydrogen) atoms. The molecule has 2 aliphatic heterocycles. The molecule has 2 amide bonds. The SMILES string of the molecule is CCNC(=O)[C@H]1O[C@@H](n2cnc3c(NCc4ccccn4)nc(C#CCC4CCN(C(=O)OC)CC4)nc32)C[C@H]1O. The number of hydrogen-bond donors (Lipinski definition) is 3. The van der Waals surface area contributed by atoms with Crippen LogP contribution in [0.25, 0.3) is 11.2 Å². The fourth-order valence-corrected chi connectivity index (χ4v) is 5.04. The number of anilines is 1. The summed E-state index contributed by atoms with van der Waals surface area (Å²) in [7, 11) is 1.39. The van der Waals surface area contributed by atoms with E-state index in [1.807, 2.05) is 25.1 Å². The first-order valence-electron chi connectivity index (χ1n) is 13.8. The highest BCUT2D eigenvalue weighted by Crippen LogP contribution is 2.32. The summed E-state index contributed by atoms with van der Waals surface area (Å²) in [5.74, 6) is 7.13. The van der Waals surface area contributed by atoms with Gasteiger partial charge in [-0.15, -0.1) is 0 Å². The Balaban J connectivity index is 1.37. The second-order valence-corrected chi connectivity index (χ2v) is 10.0. The maximum atomic E-state index is 12.4. The van der Waals surface area contributed by atoms with Gasteiger partial charge in [0.15, 0.2) is 23.1 Å². The lowest BCUT2D eigenvalue weighted by molar-refractivity contribution is -0.137. The van der Waals surface area contributed by atoms with E-state index in [1.165, 1.54) is 7.11 Å². The molecule has 5 rings (SSSR count). The van der Waals surface area contributed by atoms with Crippen LogP contribution in [0.3, 0.4) is 0 Å². The van der Waals surface area contributed by atoms with Gasteiger partial charge in [0.1, 0.15) is 6.23 Å². The minimum absolute atomic E-state index is 0.208. The van der Waals surface area contributed by atoms with E-state index in [1.54, 1.807) is 22.0 Å². The van der Waals surface area contributed by atoms with Crippen LogP contribution in [0, 0.1) is 17.8 Å². The lowest BCUT2D eigenvalue weighted by atomic mass is 9.94. The van der Waals surface area contributed by atoms with Crippen molar-refractivity contribution in [1.29, 1.82) is 0 Å². The first-order valence-corrected chi connectivity index (χ1v) is 13.8. The molecule has 2 aliphatic rings. The van der Waals surface area contributed by atoms with E-state index >= 15 is 0 Å².